The summed E-state index contributed by atoms with van der Waals surface area (Å²) in [4.78, 5) is 20.7. The molecule has 0 radical (unpaired) electrons. The number of pyridine rings is 1. The van der Waals surface area contributed by atoms with Gasteiger partial charge < -0.3 is 14.7 Å². The third-order valence-electron chi connectivity index (χ3n) is 6.02. The lowest BCUT2D eigenvalue weighted by Gasteiger charge is -2.36. The number of aliphatic hydroxyl groups is 1. The maximum Gasteiger partial charge on any atom is 0.271 e. The number of carbonyl (C=O) groups is 1. The van der Waals surface area contributed by atoms with E-state index in [1.807, 2.05) is 19.1 Å². The average Bonchev–Trinajstić information content (AvgIpc) is 2.92. The Hall–Kier alpha value is -3.82. The summed E-state index contributed by atoms with van der Waals surface area (Å²) in [5, 5.41) is 14.6. The quantitative estimate of drug-likeness (QED) is 0.353. The number of aliphatic hydroxyl groups excluding tert-OH is 1. The van der Waals surface area contributed by atoms with Gasteiger partial charge >= 0.3 is 0 Å². The zero-order chi connectivity index (χ0) is 25.3. The normalized spacial score (nSPS) is 15.4. The van der Waals surface area contributed by atoms with Crippen molar-refractivity contribution in [1.82, 2.24) is 15.3 Å². The van der Waals surface area contributed by atoms with Crippen molar-refractivity contribution < 1.29 is 19.0 Å². The van der Waals surface area contributed by atoms with Gasteiger partial charge in [-0.1, -0.05) is 0 Å². The van der Waals surface area contributed by atoms with Gasteiger partial charge in [0.1, 0.15) is 24.3 Å². The first-order valence-corrected chi connectivity index (χ1v) is 11.9. The molecule has 1 fully saturated rings. The van der Waals surface area contributed by atoms with Gasteiger partial charge in [-0.3, -0.25) is 14.7 Å². The number of piperazine rings is 1. The number of aromatic nitrogens is 1. The number of nitrogens with one attached hydrogen (secondary N) is 1. The zero-order valence-electron chi connectivity index (χ0n) is 20.2. The molecule has 0 unspecified atom stereocenters. The van der Waals surface area contributed by atoms with E-state index < -0.39 is 6.10 Å². The number of hydrogen-bond donors (Lipinski definition) is 2. The van der Waals surface area contributed by atoms with Crippen molar-refractivity contribution >= 4 is 17.3 Å². The minimum atomic E-state index is -0.643. The standard InChI is InChI=1S/C27H30FN5O3/c1-20(21-10-12-29-13-11-21)30-31-27(35)22-2-8-26(9-3-22)36-19-25(34)18-32-14-16-33(17-15-32)24-6-4-23(28)5-7-24/h2-13,25,34H,14-19H2,1H3,(H,31,35)/b30-20-/t25-/m0/s1. The van der Waals surface area contributed by atoms with Crippen molar-refractivity contribution in [3.63, 3.8) is 0 Å². The van der Waals surface area contributed by atoms with E-state index in [0.29, 0.717) is 23.6 Å². The van der Waals surface area contributed by atoms with Gasteiger partial charge in [-0.25, -0.2) is 9.82 Å². The van der Waals surface area contributed by atoms with Crippen LogP contribution < -0.4 is 15.1 Å². The predicted molar refractivity (Wildman–Crippen MR) is 137 cm³/mol. The molecule has 188 valence electrons. The molecule has 1 saturated heterocycles. The maximum atomic E-state index is 13.1. The SMILES string of the molecule is C/C(=N/NC(=O)c1ccc(OC[C@@H](O)CN2CCN(c3ccc(F)cc3)CC2)cc1)c1ccncc1. The first-order valence-electron chi connectivity index (χ1n) is 11.9. The molecule has 1 atom stereocenters. The van der Waals surface area contributed by atoms with E-state index >= 15 is 0 Å². The molecule has 2 N–H and O–H groups in total. The van der Waals surface area contributed by atoms with Crippen LogP contribution in [0.15, 0.2) is 78.2 Å². The van der Waals surface area contributed by atoms with Gasteiger partial charge in [0, 0.05) is 61.9 Å². The number of anilines is 1. The molecule has 1 aromatic heterocycles. The van der Waals surface area contributed by atoms with E-state index in [0.717, 1.165) is 37.4 Å². The van der Waals surface area contributed by atoms with E-state index in [4.69, 9.17) is 4.74 Å². The first-order chi connectivity index (χ1) is 17.5. The van der Waals surface area contributed by atoms with E-state index in [2.05, 4.69) is 25.3 Å². The van der Waals surface area contributed by atoms with Gasteiger partial charge in [0.15, 0.2) is 0 Å². The highest BCUT2D eigenvalue weighted by molar-refractivity contribution is 6.00. The van der Waals surface area contributed by atoms with Crippen LogP contribution in [0.25, 0.3) is 0 Å². The second-order valence-electron chi connectivity index (χ2n) is 8.63. The number of hydrogen-bond acceptors (Lipinski definition) is 7. The summed E-state index contributed by atoms with van der Waals surface area (Å²) in [5.74, 6) is 0.0117. The Balaban J connectivity index is 1.18. The third kappa shape index (κ3) is 7.10. The van der Waals surface area contributed by atoms with Gasteiger partial charge in [0.05, 0.1) is 5.71 Å². The number of amides is 1. The molecule has 8 nitrogen and oxygen atoms in total. The second-order valence-corrected chi connectivity index (χ2v) is 8.63. The summed E-state index contributed by atoms with van der Waals surface area (Å²) in [6.45, 7) is 5.71. The Bertz CT molecular complexity index is 1150. The fourth-order valence-electron chi connectivity index (χ4n) is 3.94. The topological polar surface area (TPSA) is 90.3 Å². The number of β-amino-alcohol motifs (C(OH)–C–C–N with tert-alkyl or cyclic N) is 1. The van der Waals surface area contributed by atoms with E-state index in [1.54, 1.807) is 48.8 Å². The van der Waals surface area contributed by atoms with Gasteiger partial charge in [0.25, 0.3) is 5.91 Å². The van der Waals surface area contributed by atoms with Crippen LogP contribution in [0.2, 0.25) is 0 Å². The summed E-state index contributed by atoms with van der Waals surface area (Å²) in [5.41, 5.74) is 5.56. The number of ether oxygens (including phenoxy) is 1. The van der Waals surface area contributed by atoms with Crippen LogP contribution in [0.1, 0.15) is 22.8 Å². The van der Waals surface area contributed by atoms with Gasteiger partial charge in [-0.05, 0) is 67.6 Å². The molecular weight excluding hydrogens is 461 g/mol. The summed E-state index contributed by atoms with van der Waals surface area (Å²) in [6.07, 6.45) is 2.69. The molecular formula is C27H30FN5O3. The Labute approximate surface area is 210 Å². The van der Waals surface area contributed by atoms with Crippen LogP contribution in [0.5, 0.6) is 5.75 Å². The third-order valence-corrected chi connectivity index (χ3v) is 6.02. The summed E-state index contributed by atoms with van der Waals surface area (Å²) >= 11 is 0. The van der Waals surface area contributed by atoms with Crippen LogP contribution in [0.4, 0.5) is 10.1 Å². The largest absolute Gasteiger partial charge is 0.491 e. The van der Waals surface area contributed by atoms with E-state index in [9.17, 15) is 14.3 Å². The molecule has 2 heterocycles. The number of hydrazone groups is 1. The summed E-state index contributed by atoms with van der Waals surface area (Å²) in [7, 11) is 0. The molecule has 4 rings (SSSR count). The van der Waals surface area contributed by atoms with Gasteiger partial charge in [0.2, 0.25) is 0 Å². The Morgan fingerprint density at radius 2 is 1.69 bits per heavy atom. The van der Waals surface area contributed by atoms with Crippen molar-refractivity contribution in [2.75, 3.05) is 44.2 Å². The molecule has 1 aliphatic rings. The maximum absolute atomic E-state index is 13.1. The lowest BCUT2D eigenvalue weighted by molar-refractivity contribution is 0.0663. The monoisotopic (exact) mass is 491 g/mol. The number of benzene rings is 2. The van der Waals surface area contributed by atoms with Gasteiger partial charge in [-0.2, -0.15) is 5.10 Å². The number of carbonyl (C=O) groups excluding carboxylic acids is 1. The molecule has 0 aliphatic carbocycles. The summed E-state index contributed by atoms with van der Waals surface area (Å²) < 4.78 is 18.8. The molecule has 3 aromatic rings. The van der Waals surface area contributed by atoms with Crippen LogP contribution >= 0.6 is 0 Å². The van der Waals surface area contributed by atoms with Crippen LogP contribution in [0, 0.1) is 5.82 Å². The van der Waals surface area contributed by atoms with Crippen molar-refractivity contribution in [2.45, 2.75) is 13.0 Å². The highest BCUT2D eigenvalue weighted by Gasteiger charge is 2.20. The summed E-state index contributed by atoms with van der Waals surface area (Å²) in [6, 6.07) is 16.9. The highest BCUT2D eigenvalue weighted by Crippen LogP contribution is 2.17. The minimum Gasteiger partial charge on any atom is -0.491 e. The Kier molecular flexibility index (Phi) is 8.59. The minimum absolute atomic E-state index is 0.152. The van der Waals surface area contributed by atoms with Crippen molar-refractivity contribution in [2.24, 2.45) is 5.10 Å². The van der Waals surface area contributed by atoms with E-state index in [1.165, 1.54) is 12.1 Å². The van der Waals surface area contributed by atoms with Crippen LogP contribution in [-0.2, 0) is 0 Å². The predicted octanol–water partition coefficient (Wildman–Crippen LogP) is 2.94. The zero-order valence-corrected chi connectivity index (χ0v) is 20.2. The molecule has 1 aliphatic heterocycles. The number of nitrogens with zero attached hydrogens (tertiary/aromatic N) is 4. The number of halogens is 1. The molecule has 0 spiro atoms. The molecule has 0 saturated carbocycles. The van der Waals surface area contributed by atoms with E-state index in [-0.39, 0.29) is 18.3 Å². The van der Waals surface area contributed by atoms with Crippen molar-refractivity contribution in [1.29, 1.82) is 0 Å². The molecule has 9 heteroatoms. The molecule has 0 bridgehead atoms. The van der Waals surface area contributed by atoms with Crippen molar-refractivity contribution in [3.05, 3.63) is 90.0 Å². The second kappa shape index (κ2) is 12.2. The van der Waals surface area contributed by atoms with Crippen molar-refractivity contribution in [3.8, 4) is 5.75 Å². The van der Waals surface area contributed by atoms with Crippen LogP contribution in [0.3, 0.4) is 0 Å². The fraction of sp³-hybridized carbons (Fsp3) is 0.296. The molecule has 1 amide bonds. The fourth-order valence-corrected chi connectivity index (χ4v) is 3.94. The lowest BCUT2D eigenvalue weighted by Crippen LogP contribution is -2.49. The smallest absolute Gasteiger partial charge is 0.271 e. The Morgan fingerprint density at radius 1 is 1.03 bits per heavy atom. The molecule has 2 aromatic carbocycles. The highest BCUT2D eigenvalue weighted by atomic mass is 19.1. The number of rotatable bonds is 9. The molecule has 36 heavy (non-hydrogen) atoms. The lowest BCUT2D eigenvalue weighted by atomic mass is 10.2. The van der Waals surface area contributed by atoms with Crippen LogP contribution in [-0.4, -0.2) is 72.0 Å². The average molecular weight is 492 g/mol. The first kappa shape index (κ1) is 25.3. The van der Waals surface area contributed by atoms with Gasteiger partial charge in [-0.15, -0.1) is 0 Å². The Morgan fingerprint density at radius 3 is 2.36 bits per heavy atom.